The van der Waals surface area contributed by atoms with E-state index in [2.05, 4.69) is 53.4 Å². The van der Waals surface area contributed by atoms with Gasteiger partial charge in [-0.2, -0.15) is 0 Å². The van der Waals surface area contributed by atoms with Gasteiger partial charge in [-0.3, -0.25) is 0 Å². The van der Waals surface area contributed by atoms with E-state index in [0.29, 0.717) is 6.54 Å². The van der Waals surface area contributed by atoms with E-state index in [1.165, 1.54) is 20.9 Å². The molecule has 0 atom stereocenters. The zero-order valence-corrected chi connectivity index (χ0v) is 13.0. The fourth-order valence-corrected chi connectivity index (χ4v) is 3.93. The maximum atomic E-state index is 5.72. The molecule has 1 aliphatic heterocycles. The second-order valence-corrected chi connectivity index (χ2v) is 6.45. The topological polar surface area (TPSA) is 42.1 Å². The van der Waals surface area contributed by atoms with Gasteiger partial charge < -0.3 is 10.6 Å². The fraction of sp³-hybridized carbons (Fsp3) is 0.167. The molecule has 0 unspecified atom stereocenters. The summed E-state index contributed by atoms with van der Waals surface area (Å²) >= 11 is 1.80. The number of anilines is 2. The van der Waals surface area contributed by atoms with Gasteiger partial charge in [-0.25, -0.2) is 4.98 Å². The summed E-state index contributed by atoms with van der Waals surface area (Å²) < 4.78 is 0. The number of aromatic nitrogens is 1. The zero-order chi connectivity index (χ0) is 14.9. The van der Waals surface area contributed by atoms with Crippen LogP contribution in [0.15, 0.2) is 64.4 Å². The summed E-state index contributed by atoms with van der Waals surface area (Å²) in [5.74, 6) is 1.05. The molecule has 3 nitrogen and oxygen atoms in total. The third kappa shape index (κ3) is 2.25. The molecule has 4 rings (SSSR count). The average molecular weight is 307 g/mol. The third-order valence-electron chi connectivity index (χ3n) is 3.89. The van der Waals surface area contributed by atoms with Crippen LogP contribution in [-0.4, -0.2) is 18.1 Å². The SMILES string of the molecule is NCCCN1c2ccccc2Sc2cc3ccccc3nc21. The minimum atomic E-state index is 0.689. The summed E-state index contributed by atoms with van der Waals surface area (Å²) in [6.45, 7) is 1.58. The van der Waals surface area contributed by atoms with E-state index >= 15 is 0 Å². The van der Waals surface area contributed by atoms with Crippen LogP contribution in [0.4, 0.5) is 11.5 Å². The van der Waals surface area contributed by atoms with Gasteiger partial charge in [-0.1, -0.05) is 42.1 Å². The molecule has 1 aliphatic rings. The zero-order valence-electron chi connectivity index (χ0n) is 12.2. The minimum absolute atomic E-state index is 0.689. The number of rotatable bonds is 3. The van der Waals surface area contributed by atoms with Crippen molar-refractivity contribution in [3.8, 4) is 0 Å². The van der Waals surface area contributed by atoms with Crippen molar-refractivity contribution in [3.05, 3.63) is 54.6 Å². The van der Waals surface area contributed by atoms with E-state index in [0.717, 1.165) is 24.3 Å². The van der Waals surface area contributed by atoms with Crippen LogP contribution in [0.5, 0.6) is 0 Å². The van der Waals surface area contributed by atoms with E-state index < -0.39 is 0 Å². The van der Waals surface area contributed by atoms with Crippen molar-refractivity contribution >= 4 is 34.2 Å². The maximum absolute atomic E-state index is 5.72. The van der Waals surface area contributed by atoms with Crippen LogP contribution in [0.3, 0.4) is 0 Å². The van der Waals surface area contributed by atoms with Gasteiger partial charge in [0.25, 0.3) is 0 Å². The Morgan fingerprint density at radius 3 is 2.73 bits per heavy atom. The van der Waals surface area contributed by atoms with Crippen molar-refractivity contribution in [3.63, 3.8) is 0 Å². The third-order valence-corrected chi connectivity index (χ3v) is 4.97. The fourth-order valence-electron chi connectivity index (χ4n) is 2.83. The molecular weight excluding hydrogens is 290 g/mol. The van der Waals surface area contributed by atoms with Crippen LogP contribution >= 0.6 is 11.8 Å². The summed E-state index contributed by atoms with van der Waals surface area (Å²) in [5, 5.41) is 1.19. The monoisotopic (exact) mass is 307 g/mol. The van der Waals surface area contributed by atoms with Crippen molar-refractivity contribution in [2.24, 2.45) is 5.73 Å². The van der Waals surface area contributed by atoms with Crippen LogP contribution in [-0.2, 0) is 0 Å². The van der Waals surface area contributed by atoms with Crippen LogP contribution in [0.1, 0.15) is 6.42 Å². The van der Waals surface area contributed by atoms with E-state index in [1.54, 1.807) is 11.8 Å². The molecule has 110 valence electrons. The molecule has 2 heterocycles. The van der Waals surface area contributed by atoms with Gasteiger partial charge in [-0.05, 0) is 37.2 Å². The Balaban J connectivity index is 1.89. The van der Waals surface area contributed by atoms with Crippen molar-refractivity contribution in [1.82, 2.24) is 4.98 Å². The smallest absolute Gasteiger partial charge is 0.147 e. The lowest BCUT2D eigenvalue weighted by Gasteiger charge is -2.31. The second kappa shape index (κ2) is 5.63. The lowest BCUT2D eigenvalue weighted by molar-refractivity contribution is 0.799. The van der Waals surface area contributed by atoms with Crippen LogP contribution in [0.25, 0.3) is 10.9 Å². The first-order valence-electron chi connectivity index (χ1n) is 7.51. The normalized spacial score (nSPS) is 13.0. The predicted molar refractivity (Wildman–Crippen MR) is 93.0 cm³/mol. The molecular formula is C18H17N3S. The number of nitrogens with zero attached hydrogens (tertiary/aromatic N) is 2. The minimum Gasteiger partial charge on any atom is -0.330 e. The number of hydrogen-bond donors (Lipinski definition) is 1. The summed E-state index contributed by atoms with van der Waals surface area (Å²) in [4.78, 5) is 9.72. The Morgan fingerprint density at radius 2 is 1.82 bits per heavy atom. The molecule has 2 N–H and O–H groups in total. The van der Waals surface area contributed by atoms with Crippen molar-refractivity contribution < 1.29 is 0 Å². The molecule has 0 saturated carbocycles. The van der Waals surface area contributed by atoms with Crippen LogP contribution < -0.4 is 10.6 Å². The first kappa shape index (κ1) is 13.6. The standard InChI is InChI=1S/C18H17N3S/c19-10-5-11-21-15-8-3-4-9-16(15)22-17-12-13-6-1-2-7-14(13)20-18(17)21/h1-4,6-9,12H,5,10-11,19H2. The maximum Gasteiger partial charge on any atom is 0.147 e. The summed E-state index contributed by atoms with van der Waals surface area (Å²) in [6, 6.07) is 19.0. The molecule has 0 fully saturated rings. The predicted octanol–water partition coefficient (Wildman–Crippen LogP) is 4.19. The Hall–Kier alpha value is -2.04. The molecule has 0 amide bonds. The lowest BCUT2D eigenvalue weighted by Crippen LogP contribution is -2.24. The first-order valence-corrected chi connectivity index (χ1v) is 8.33. The molecule has 0 bridgehead atoms. The average Bonchev–Trinajstić information content (AvgIpc) is 2.57. The number of nitrogens with two attached hydrogens (primary N) is 1. The van der Waals surface area contributed by atoms with E-state index in [4.69, 9.17) is 10.7 Å². The number of benzene rings is 2. The molecule has 0 radical (unpaired) electrons. The quantitative estimate of drug-likeness (QED) is 0.788. The van der Waals surface area contributed by atoms with E-state index in [1.807, 2.05) is 6.07 Å². The highest BCUT2D eigenvalue weighted by molar-refractivity contribution is 7.99. The van der Waals surface area contributed by atoms with Gasteiger partial charge in [0.15, 0.2) is 0 Å². The Kier molecular flexibility index (Phi) is 3.48. The lowest BCUT2D eigenvalue weighted by atomic mass is 10.2. The number of fused-ring (bicyclic) bond motifs is 3. The second-order valence-electron chi connectivity index (χ2n) is 5.37. The molecule has 22 heavy (non-hydrogen) atoms. The van der Waals surface area contributed by atoms with Gasteiger partial charge in [0, 0.05) is 16.8 Å². The van der Waals surface area contributed by atoms with Gasteiger partial charge in [0.1, 0.15) is 5.82 Å². The molecule has 0 spiro atoms. The molecule has 4 heteroatoms. The summed E-state index contributed by atoms with van der Waals surface area (Å²) in [6.07, 6.45) is 0.951. The number of para-hydroxylation sites is 2. The van der Waals surface area contributed by atoms with Crippen LogP contribution in [0, 0.1) is 0 Å². The summed E-state index contributed by atoms with van der Waals surface area (Å²) in [7, 11) is 0. The molecule has 0 saturated heterocycles. The highest BCUT2D eigenvalue weighted by atomic mass is 32.2. The largest absolute Gasteiger partial charge is 0.330 e. The van der Waals surface area contributed by atoms with E-state index in [-0.39, 0.29) is 0 Å². The van der Waals surface area contributed by atoms with Crippen molar-refractivity contribution in [2.75, 3.05) is 18.0 Å². The first-order chi connectivity index (χ1) is 10.9. The molecule has 3 aromatic rings. The highest BCUT2D eigenvalue weighted by Gasteiger charge is 2.24. The van der Waals surface area contributed by atoms with Gasteiger partial charge in [0.05, 0.1) is 16.1 Å². The van der Waals surface area contributed by atoms with Gasteiger partial charge >= 0.3 is 0 Å². The molecule has 0 aliphatic carbocycles. The van der Waals surface area contributed by atoms with Crippen molar-refractivity contribution in [2.45, 2.75) is 16.2 Å². The Morgan fingerprint density at radius 1 is 1.00 bits per heavy atom. The van der Waals surface area contributed by atoms with Crippen molar-refractivity contribution in [1.29, 1.82) is 0 Å². The van der Waals surface area contributed by atoms with Crippen LogP contribution in [0.2, 0.25) is 0 Å². The molecule has 1 aromatic heterocycles. The Labute approximate surface area is 134 Å². The number of hydrogen-bond acceptors (Lipinski definition) is 4. The van der Waals surface area contributed by atoms with E-state index in [9.17, 15) is 0 Å². The Bertz CT molecular complexity index is 831. The van der Waals surface area contributed by atoms with Gasteiger partial charge in [-0.15, -0.1) is 0 Å². The summed E-state index contributed by atoms with van der Waals surface area (Å²) in [5.41, 5.74) is 8.00. The number of pyridine rings is 1. The van der Waals surface area contributed by atoms with Gasteiger partial charge in [0.2, 0.25) is 0 Å². The molecule has 2 aromatic carbocycles. The highest BCUT2D eigenvalue weighted by Crippen LogP contribution is 2.47.